The van der Waals surface area contributed by atoms with Crippen LogP contribution in [0.2, 0.25) is 0 Å². The molecule has 1 aliphatic heterocycles. The molecule has 1 fully saturated rings. The van der Waals surface area contributed by atoms with Crippen molar-refractivity contribution in [3.63, 3.8) is 0 Å². The zero-order valence-electron chi connectivity index (χ0n) is 36.5. The van der Waals surface area contributed by atoms with Gasteiger partial charge in [0.1, 0.15) is 42.3 Å². The van der Waals surface area contributed by atoms with Gasteiger partial charge in [-0.15, -0.1) is 0 Å². The third kappa shape index (κ3) is 21.0. The minimum absolute atomic E-state index is 0.00407. The van der Waals surface area contributed by atoms with E-state index in [1.807, 2.05) is 0 Å². The number of aliphatic carboxylic acids is 2. The van der Waals surface area contributed by atoms with E-state index in [0.29, 0.717) is 32.2 Å². The molecule has 28 nitrogen and oxygen atoms in total. The van der Waals surface area contributed by atoms with Gasteiger partial charge in [-0.25, -0.2) is 4.79 Å². The minimum atomic E-state index is -1.87. The zero-order valence-corrected chi connectivity index (χ0v) is 36.5. The Morgan fingerprint density at radius 1 is 0.530 bits per heavy atom. The molecule has 0 aromatic rings. The van der Waals surface area contributed by atoms with Gasteiger partial charge in [0.25, 0.3) is 0 Å². The number of nitrogens with zero attached hydrogens (tertiary/aromatic N) is 1. The van der Waals surface area contributed by atoms with E-state index in [-0.39, 0.29) is 38.8 Å². The average Bonchev–Trinajstić information content (AvgIpc) is 3.74. The number of carboxylic acid groups (broad SMARTS) is 2. The van der Waals surface area contributed by atoms with Crippen molar-refractivity contribution >= 4 is 71.0 Å². The molecule has 1 saturated heterocycles. The van der Waals surface area contributed by atoms with Crippen molar-refractivity contribution in [1.29, 1.82) is 0 Å². The van der Waals surface area contributed by atoms with Gasteiger partial charge in [-0.3, -0.25) is 52.7 Å². The lowest BCUT2D eigenvalue weighted by Crippen LogP contribution is -2.61. The van der Waals surface area contributed by atoms with Crippen LogP contribution in [0.5, 0.6) is 0 Å². The topological polar surface area (TPSA) is 497 Å². The molecule has 1 heterocycles. The van der Waals surface area contributed by atoms with Gasteiger partial charge in [0, 0.05) is 19.4 Å². The number of carbonyl (C=O) groups is 12. The van der Waals surface area contributed by atoms with Crippen molar-refractivity contribution in [2.45, 2.75) is 138 Å². The maximum absolute atomic E-state index is 13.8. The van der Waals surface area contributed by atoms with Gasteiger partial charge in [-0.1, -0.05) is 6.42 Å². The van der Waals surface area contributed by atoms with Crippen LogP contribution in [-0.4, -0.2) is 166 Å². The molecule has 0 bridgehead atoms. The molecule has 28 heteroatoms. The molecule has 0 radical (unpaired) electrons. The van der Waals surface area contributed by atoms with Gasteiger partial charge in [0.05, 0.1) is 25.5 Å². The second-order valence-corrected chi connectivity index (χ2v) is 15.5. The molecular weight excluding hydrogens is 878 g/mol. The Bertz CT molecular complexity index is 1750. The second kappa shape index (κ2) is 29.8. The first-order chi connectivity index (χ1) is 31.1. The summed E-state index contributed by atoms with van der Waals surface area (Å²) in [5, 5.41) is 42.5. The summed E-state index contributed by atoms with van der Waals surface area (Å²) in [6.07, 6.45) is -1.90. The number of hydrogen-bond acceptors (Lipinski definition) is 16. The van der Waals surface area contributed by atoms with Crippen LogP contribution in [0.1, 0.15) is 89.9 Å². The molecule has 0 spiro atoms. The van der Waals surface area contributed by atoms with E-state index in [2.05, 4.69) is 31.9 Å². The summed E-state index contributed by atoms with van der Waals surface area (Å²) in [5.74, 6) is -13.4. The lowest BCUT2D eigenvalue weighted by atomic mass is 10.0. The number of unbranched alkanes of at least 4 members (excludes halogenated alkanes) is 2. The van der Waals surface area contributed by atoms with E-state index in [1.54, 1.807) is 0 Å². The van der Waals surface area contributed by atoms with Crippen LogP contribution < -0.4 is 66.3 Å². The normalized spacial score (nSPS) is 16.4. The van der Waals surface area contributed by atoms with E-state index in [0.717, 1.165) is 4.90 Å². The molecule has 0 aromatic carbocycles. The van der Waals surface area contributed by atoms with E-state index in [9.17, 15) is 72.9 Å². The summed E-state index contributed by atoms with van der Waals surface area (Å²) in [6, 6.07) is -12.6. The molecule has 0 saturated carbocycles. The lowest BCUT2D eigenvalue weighted by molar-refractivity contribution is -0.150. The summed E-state index contributed by atoms with van der Waals surface area (Å²) in [6.45, 7) is -0.607. The Kier molecular flexibility index (Phi) is 26.0. The van der Waals surface area contributed by atoms with Gasteiger partial charge in [-0.05, 0) is 70.9 Å². The van der Waals surface area contributed by atoms with E-state index >= 15 is 0 Å². The number of amides is 10. The van der Waals surface area contributed by atoms with Crippen LogP contribution in [0.15, 0.2) is 0 Å². The monoisotopic (exact) mass is 943 g/mol. The quantitative estimate of drug-likeness (QED) is 0.0272. The highest BCUT2D eigenvalue weighted by Gasteiger charge is 2.39. The van der Waals surface area contributed by atoms with Gasteiger partial charge >= 0.3 is 11.9 Å². The second-order valence-electron chi connectivity index (χ2n) is 15.5. The van der Waals surface area contributed by atoms with Crippen LogP contribution in [0.25, 0.3) is 0 Å². The Balaban J connectivity index is 3.37. The Morgan fingerprint density at radius 3 is 1.42 bits per heavy atom. The number of nitrogens with one attached hydrogen (secondary N) is 6. The number of carboxylic acids is 2. The Morgan fingerprint density at radius 2 is 0.955 bits per heavy atom. The fourth-order valence-corrected chi connectivity index (χ4v) is 6.62. The first kappa shape index (κ1) is 57.5. The van der Waals surface area contributed by atoms with Crippen LogP contribution >= 0.6 is 0 Å². The van der Waals surface area contributed by atoms with Crippen LogP contribution in [0, 0.1) is 0 Å². The molecule has 10 amide bonds. The average molecular weight is 944 g/mol. The highest BCUT2D eigenvalue weighted by molar-refractivity contribution is 5.99. The standard InChI is InChI=1S/C38H65N13O15/c39-13-3-1-6-19(41)31(58)48-23(16-28(43)54)35(62)49-24(17-29(44)55)34(61)46-21(9-11-27(42)53)33(60)45-20(7-2-4-14-40)32(59)50-25(18-52)36(63)47-22(10-12-30(56)57)37(64)51-15-5-8-26(51)38(65)66/h19-26,52H,1-18,39-41H2,(H2,42,53)(H2,43,54)(H2,44,55)(H,45,60)(H,46,61)(H,47,63)(H,48,58)(H,49,62)(H,50,59)(H,56,57)(H,65,66)/t19-,20-,21-,22-,23-,24-,25-,26-/m0/s1. The van der Waals surface area contributed by atoms with E-state index in [1.165, 1.54) is 0 Å². The van der Waals surface area contributed by atoms with Crippen molar-refractivity contribution in [1.82, 2.24) is 36.8 Å². The van der Waals surface area contributed by atoms with Gasteiger partial charge in [-0.2, -0.15) is 0 Å². The first-order valence-electron chi connectivity index (χ1n) is 21.2. The SMILES string of the molecule is NCCCC[C@H](NC(=O)[C@H](CCC(N)=O)NC(=O)[C@H](CC(N)=O)NC(=O)[C@H](CC(N)=O)NC(=O)[C@@H](N)CCCCN)C(=O)N[C@@H](CO)C(=O)N[C@@H](CCC(=O)O)C(=O)N1CCC[C@H]1C(=O)O. The minimum Gasteiger partial charge on any atom is -0.481 e. The number of primary amides is 3. The van der Waals surface area contributed by atoms with Crippen molar-refractivity contribution < 1.29 is 72.9 Å². The predicted octanol–water partition coefficient (Wildman–Crippen LogP) is -7.57. The van der Waals surface area contributed by atoms with E-state index < -0.39 is 164 Å². The van der Waals surface area contributed by atoms with Gasteiger partial charge < -0.3 is 86.5 Å². The molecule has 0 aliphatic carbocycles. The Hall–Kier alpha value is -6.52. The smallest absolute Gasteiger partial charge is 0.326 e. The third-order valence-electron chi connectivity index (χ3n) is 10.2. The van der Waals surface area contributed by atoms with E-state index in [4.69, 9.17) is 34.4 Å². The summed E-state index contributed by atoms with van der Waals surface area (Å²) in [7, 11) is 0. The van der Waals surface area contributed by atoms with Crippen LogP contribution in [0.4, 0.5) is 0 Å². The zero-order chi connectivity index (χ0) is 50.1. The number of carbonyl (C=O) groups excluding carboxylic acids is 10. The number of hydrogen-bond donors (Lipinski definition) is 15. The van der Waals surface area contributed by atoms with Crippen LogP contribution in [0.3, 0.4) is 0 Å². The van der Waals surface area contributed by atoms with Crippen LogP contribution in [-0.2, 0) is 57.5 Å². The van der Waals surface area contributed by atoms with Crippen molar-refractivity contribution in [2.75, 3.05) is 26.2 Å². The summed E-state index contributed by atoms with van der Waals surface area (Å²) in [4.78, 5) is 154. The molecule has 66 heavy (non-hydrogen) atoms. The molecule has 21 N–H and O–H groups in total. The number of nitrogens with two attached hydrogens (primary N) is 6. The summed E-state index contributed by atoms with van der Waals surface area (Å²) >= 11 is 0. The molecule has 0 unspecified atom stereocenters. The fraction of sp³-hybridized carbons (Fsp3) is 0.684. The van der Waals surface area contributed by atoms with Crippen molar-refractivity contribution in [2.24, 2.45) is 34.4 Å². The van der Waals surface area contributed by atoms with Gasteiger partial charge in [0.2, 0.25) is 59.1 Å². The molecule has 1 rings (SSSR count). The lowest BCUT2D eigenvalue weighted by Gasteiger charge is -2.29. The molecule has 372 valence electrons. The maximum atomic E-state index is 13.8. The first-order valence-corrected chi connectivity index (χ1v) is 21.2. The highest BCUT2D eigenvalue weighted by atomic mass is 16.4. The molecule has 0 aromatic heterocycles. The van der Waals surface area contributed by atoms with Crippen molar-refractivity contribution in [3.05, 3.63) is 0 Å². The fourth-order valence-electron chi connectivity index (χ4n) is 6.62. The maximum Gasteiger partial charge on any atom is 0.326 e. The molecule has 8 atom stereocenters. The summed E-state index contributed by atoms with van der Waals surface area (Å²) in [5.41, 5.74) is 32.9. The predicted molar refractivity (Wildman–Crippen MR) is 228 cm³/mol. The number of aliphatic hydroxyl groups is 1. The molecule has 1 aliphatic rings. The molecular formula is C38H65N13O15. The van der Waals surface area contributed by atoms with Gasteiger partial charge in [0.15, 0.2) is 0 Å². The third-order valence-corrected chi connectivity index (χ3v) is 10.2. The number of likely N-dealkylation sites (tertiary alicyclic amines) is 1. The largest absolute Gasteiger partial charge is 0.481 e. The highest BCUT2D eigenvalue weighted by Crippen LogP contribution is 2.20. The van der Waals surface area contributed by atoms with Crippen molar-refractivity contribution in [3.8, 4) is 0 Å². The number of aliphatic hydroxyl groups excluding tert-OH is 1. The Labute approximate surface area is 379 Å². The number of rotatable bonds is 33. The summed E-state index contributed by atoms with van der Waals surface area (Å²) < 4.78 is 0.